The van der Waals surface area contributed by atoms with Crippen molar-refractivity contribution in [1.29, 1.82) is 0 Å². The molecule has 0 saturated heterocycles. The summed E-state index contributed by atoms with van der Waals surface area (Å²) in [5.74, 6) is -2.54. The van der Waals surface area contributed by atoms with Crippen LogP contribution in [0.25, 0.3) is 0 Å². The van der Waals surface area contributed by atoms with E-state index in [2.05, 4.69) is 21.3 Å². The predicted octanol–water partition coefficient (Wildman–Crippen LogP) is 4.75. The largest absolute Gasteiger partial charge is 0.480 e. The van der Waals surface area contributed by atoms with Crippen molar-refractivity contribution in [2.24, 2.45) is 4.99 Å². The van der Waals surface area contributed by atoms with Gasteiger partial charge < -0.3 is 4.74 Å². The van der Waals surface area contributed by atoms with E-state index in [-0.39, 0.29) is 5.71 Å². The summed E-state index contributed by atoms with van der Waals surface area (Å²) in [6, 6.07) is 5.17. The monoisotopic (exact) mass is 330 g/mol. The van der Waals surface area contributed by atoms with Crippen LogP contribution < -0.4 is 0 Å². The van der Waals surface area contributed by atoms with Crippen LogP contribution in [0.5, 0.6) is 0 Å². The normalized spacial score (nSPS) is 13.6. The third kappa shape index (κ3) is 5.19. The number of hydrogen-bond acceptors (Lipinski definition) is 3. The lowest BCUT2D eigenvalue weighted by atomic mass is 10.2. The van der Waals surface area contributed by atoms with Gasteiger partial charge in [0, 0.05) is 5.69 Å². The molecular weight excluding hydrogens is 312 g/mol. The summed E-state index contributed by atoms with van der Waals surface area (Å²) in [6.45, 7) is 6.17. The number of halogens is 4. The van der Waals surface area contributed by atoms with Gasteiger partial charge in [0.2, 0.25) is 5.88 Å². The van der Waals surface area contributed by atoms with E-state index in [1.807, 2.05) is 13.0 Å². The summed E-state index contributed by atoms with van der Waals surface area (Å²) in [5.41, 5.74) is -0.253. The number of aliphatic imine (C=N–C) groups is 1. The Labute approximate surface area is 132 Å². The Hall–Kier alpha value is -2.18. The third-order valence-electron chi connectivity index (χ3n) is 2.91. The van der Waals surface area contributed by atoms with E-state index >= 15 is 0 Å². The van der Waals surface area contributed by atoms with E-state index in [9.17, 15) is 17.6 Å². The molecule has 7 heteroatoms. The molecule has 1 heterocycles. The number of pyridine rings is 1. The van der Waals surface area contributed by atoms with Crippen molar-refractivity contribution in [3.8, 4) is 0 Å². The molecule has 0 aliphatic heterocycles. The average Bonchev–Trinajstić information content (AvgIpc) is 2.45. The van der Waals surface area contributed by atoms with Gasteiger partial charge in [0.05, 0.1) is 18.5 Å². The first-order valence-corrected chi connectivity index (χ1v) is 6.92. The van der Waals surface area contributed by atoms with Crippen LogP contribution in [0.3, 0.4) is 0 Å². The minimum absolute atomic E-state index is 0.183. The molecule has 0 amide bonds. The van der Waals surface area contributed by atoms with Crippen LogP contribution >= 0.6 is 0 Å². The highest BCUT2D eigenvalue weighted by atomic mass is 19.4. The molecular formula is C16H18F4N2O. The summed E-state index contributed by atoms with van der Waals surface area (Å²) in [7, 11) is 0.988. The Morgan fingerprint density at radius 1 is 1.35 bits per heavy atom. The summed E-state index contributed by atoms with van der Waals surface area (Å²) < 4.78 is 56.5. The molecule has 0 N–H and O–H groups in total. The van der Waals surface area contributed by atoms with E-state index in [0.717, 1.165) is 25.6 Å². The van der Waals surface area contributed by atoms with Gasteiger partial charge in [0.25, 0.3) is 0 Å². The van der Waals surface area contributed by atoms with E-state index in [4.69, 9.17) is 0 Å². The van der Waals surface area contributed by atoms with Gasteiger partial charge in [-0.15, -0.1) is 0 Å². The fourth-order valence-electron chi connectivity index (χ4n) is 1.88. The molecule has 1 aromatic heterocycles. The van der Waals surface area contributed by atoms with Gasteiger partial charge in [-0.2, -0.15) is 13.2 Å². The smallest absolute Gasteiger partial charge is 0.424 e. The molecule has 0 aromatic carbocycles. The van der Waals surface area contributed by atoms with Crippen LogP contribution in [0.1, 0.15) is 31.7 Å². The first-order valence-electron chi connectivity index (χ1n) is 6.92. The van der Waals surface area contributed by atoms with Gasteiger partial charge >= 0.3 is 6.18 Å². The maximum atomic E-state index is 13.2. The second-order valence-electron chi connectivity index (χ2n) is 4.75. The van der Waals surface area contributed by atoms with Crippen molar-refractivity contribution in [3.05, 3.63) is 53.4 Å². The molecule has 0 atom stereocenters. The zero-order valence-corrected chi connectivity index (χ0v) is 13.2. The molecule has 0 unspecified atom stereocenters. The van der Waals surface area contributed by atoms with E-state index < -0.39 is 23.5 Å². The average molecular weight is 330 g/mol. The first kappa shape index (κ1) is 18.9. The molecule has 0 aliphatic rings. The van der Waals surface area contributed by atoms with Gasteiger partial charge in [-0.05, 0) is 25.5 Å². The van der Waals surface area contributed by atoms with Crippen LogP contribution in [-0.2, 0) is 11.2 Å². The van der Waals surface area contributed by atoms with Gasteiger partial charge in [-0.3, -0.25) is 4.98 Å². The van der Waals surface area contributed by atoms with Crippen molar-refractivity contribution in [1.82, 2.24) is 4.98 Å². The molecule has 1 aromatic rings. The molecule has 0 radical (unpaired) electrons. The number of aryl methyl sites for hydroxylation is 1. The van der Waals surface area contributed by atoms with E-state index in [0.29, 0.717) is 5.69 Å². The standard InChI is InChI=1S/C16H18F4N2O/c1-5-7-12-8-6-9-13(22-12)11(3)21-15(23-4)14(10(2)17)16(18,19)20/h6,8-9H,2,5,7H2,1,3-4H3/b15-14-,21-11?. The highest BCUT2D eigenvalue weighted by Crippen LogP contribution is 2.34. The van der Waals surface area contributed by atoms with Crippen LogP contribution in [0.15, 0.2) is 47.1 Å². The minimum Gasteiger partial charge on any atom is -0.480 e. The van der Waals surface area contributed by atoms with Crippen molar-refractivity contribution >= 4 is 5.71 Å². The Morgan fingerprint density at radius 3 is 2.48 bits per heavy atom. The lowest BCUT2D eigenvalue weighted by molar-refractivity contribution is -0.0943. The second-order valence-corrected chi connectivity index (χ2v) is 4.75. The fraction of sp³-hybridized carbons (Fsp3) is 0.375. The minimum atomic E-state index is -4.96. The Morgan fingerprint density at radius 2 is 2.00 bits per heavy atom. The van der Waals surface area contributed by atoms with Gasteiger partial charge in [-0.25, -0.2) is 9.38 Å². The lowest BCUT2D eigenvalue weighted by Gasteiger charge is -2.13. The summed E-state index contributed by atoms with van der Waals surface area (Å²) in [6.07, 6.45) is -3.34. The molecule has 0 bridgehead atoms. The Balaban J connectivity index is 3.34. The highest BCUT2D eigenvalue weighted by Gasteiger charge is 2.40. The molecule has 0 fully saturated rings. The number of aromatic nitrogens is 1. The number of nitrogens with zero attached hydrogens (tertiary/aromatic N) is 2. The SMILES string of the molecule is C=C(F)/C(=C(\N=C(C)c1cccc(CCC)n1)OC)C(F)(F)F. The number of hydrogen-bond donors (Lipinski definition) is 0. The molecule has 3 nitrogen and oxygen atoms in total. The lowest BCUT2D eigenvalue weighted by Crippen LogP contribution is -2.16. The van der Waals surface area contributed by atoms with Gasteiger partial charge in [0.1, 0.15) is 5.83 Å². The molecule has 0 spiro atoms. The number of ether oxygens (including phenoxy) is 1. The maximum absolute atomic E-state index is 13.2. The second kappa shape index (κ2) is 7.89. The maximum Gasteiger partial charge on any atom is 0.424 e. The van der Waals surface area contributed by atoms with Gasteiger partial charge in [-0.1, -0.05) is 26.0 Å². The quantitative estimate of drug-likeness (QED) is 0.327. The number of alkyl halides is 3. The van der Waals surface area contributed by atoms with Crippen LogP contribution in [0.4, 0.5) is 17.6 Å². The molecule has 1 rings (SSSR count). The summed E-state index contributed by atoms with van der Waals surface area (Å²) in [4.78, 5) is 8.06. The first-order chi connectivity index (χ1) is 10.7. The Bertz CT molecular complexity index is 633. The van der Waals surface area contributed by atoms with Gasteiger partial charge in [0.15, 0.2) is 5.57 Å². The van der Waals surface area contributed by atoms with Crippen LogP contribution in [0, 0.1) is 0 Å². The van der Waals surface area contributed by atoms with Crippen molar-refractivity contribution in [2.75, 3.05) is 7.11 Å². The van der Waals surface area contributed by atoms with Crippen LogP contribution in [0.2, 0.25) is 0 Å². The van der Waals surface area contributed by atoms with E-state index in [1.54, 1.807) is 12.1 Å². The molecule has 0 saturated carbocycles. The van der Waals surface area contributed by atoms with Crippen molar-refractivity contribution in [3.63, 3.8) is 0 Å². The topological polar surface area (TPSA) is 34.5 Å². The zero-order chi connectivity index (χ0) is 17.6. The zero-order valence-electron chi connectivity index (χ0n) is 13.2. The van der Waals surface area contributed by atoms with Crippen LogP contribution in [-0.4, -0.2) is 24.0 Å². The van der Waals surface area contributed by atoms with E-state index in [1.165, 1.54) is 6.92 Å². The third-order valence-corrected chi connectivity index (χ3v) is 2.91. The molecule has 126 valence electrons. The number of allylic oxidation sites excluding steroid dienone is 2. The summed E-state index contributed by atoms with van der Waals surface area (Å²) in [5, 5.41) is 0. The molecule has 23 heavy (non-hydrogen) atoms. The van der Waals surface area contributed by atoms with Crippen molar-refractivity contribution < 1.29 is 22.3 Å². The highest BCUT2D eigenvalue weighted by molar-refractivity contribution is 5.97. The van der Waals surface area contributed by atoms with Crippen molar-refractivity contribution in [2.45, 2.75) is 32.9 Å². The molecule has 0 aliphatic carbocycles. The number of methoxy groups -OCH3 is 1. The Kier molecular flexibility index (Phi) is 6.48. The predicted molar refractivity (Wildman–Crippen MR) is 80.8 cm³/mol. The number of rotatable bonds is 6. The fourth-order valence-corrected chi connectivity index (χ4v) is 1.88. The summed E-state index contributed by atoms with van der Waals surface area (Å²) >= 11 is 0.